The standard InChI is InChI=1S/C15H13N3/c16-9-13-12(10-4-2-1-3-5-10)8-14(11-6-7-11)18-15(13)17/h1-5,8,11H,6-7H2,(H2,17,18)/p+1. The van der Waals surface area contributed by atoms with Crippen molar-refractivity contribution in [1.82, 2.24) is 0 Å². The molecule has 0 amide bonds. The fraction of sp³-hybridized carbons (Fsp3) is 0.200. The first kappa shape index (κ1) is 10.8. The lowest BCUT2D eigenvalue weighted by molar-refractivity contribution is -0.373. The summed E-state index contributed by atoms with van der Waals surface area (Å²) in [6.45, 7) is 0. The number of nitrogens with zero attached hydrogens (tertiary/aromatic N) is 1. The molecule has 0 saturated heterocycles. The number of H-pyrrole nitrogens is 1. The number of nitrogens with one attached hydrogen (secondary N) is 1. The van der Waals surface area contributed by atoms with E-state index in [1.54, 1.807) is 0 Å². The van der Waals surface area contributed by atoms with Crippen molar-refractivity contribution in [3.8, 4) is 17.2 Å². The maximum absolute atomic E-state index is 9.26. The highest BCUT2D eigenvalue weighted by atomic mass is 14.9. The molecule has 1 aliphatic rings. The minimum Gasteiger partial charge on any atom is -0.286 e. The van der Waals surface area contributed by atoms with E-state index in [0.717, 1.165) is 16.8 Å². The maximum Gasteiger partial charge on any atom is 0.289 e. The van der Waals surface area contributed by atoms with E-state index >= 15 is 0 Å². The van der Waals surface area contributed by atoms with E-state index in [9.17, 15) is 5.26 Å². The topological polar surface area (TPSA) is 64.0 Å². The van der Waals surface area contributed by atoms with Gasteiger partial charge in [0.2, 0.25) is 0 Å². The molecule has 0 atom stereocenters. The van der Waals surface area contributed by atoms with E-state index in [1.807, 2.05) is 30.3 Å². The van der Waals surface area contributed by atoms with Gasteiger partial charge in [-0.25, -0.2) is 4.98 Å². The minimum absolute atomic E-state index is 0.473. The van der Waals surface area contributed by atoms with Crippen LogP contribution in [-0.2, 0) is 0 Å². The Morgan fingerprint density at radius 2 is 1.94 bits per heavy atom. The average molecular weight is 236 g/mol. The molecule has 3 heteroatoms. The van der Waals surface area contributed by atoms with Gasteiger partial charge in [-0.05, 0) is 24.5 Å². The molecule has 0 bridgehead atoms. The fourth-order valence-electron chi connectivity index (χ4n) is 2.21. The molecular weight excluding hydrogens is 222 g/mol. The van der Waals surface area contributed by atoms with Crippen molar-refractivity contribution in [3.63, 3.8) is 0 Å². The lowest BCUT2D eigenvalue weighted by atomic mass is 9.99. The monoisotopic (exact) mass is 236 g/mol. The van der Waals surface area contributed by atoms with Gasteiger partial charge in [0.25, 0.3) is 5.82 Å². The SMILES string of the molecule is N#Cc1c(-c2ccccc2)cc(C2CC2)[nH+]c1N. The molecule has 0 spiro atoms. The van der Waals surface area contributed by atoms with Crippen LogP contribution in [0.2, 0.25) is 0 Å². The van der Waals surface area contributed by atoms with Crippen LogP contribution in [0.3, 0.4) is 0 Å². The quantitative estimate of drug-likeness (QED) is 0.870. The van der Waals surface area contributed by atoms with Gasteiger partial charge in [0.15, 0.2) is 0 Å². The predicted octanol–water partition coefficient (Wildman–Crippen LogP) is 2.50. The summed E-state index contributed by atoms with van der Waals surface area (Å²) < 4.78 is 0. The van der Waals surface area contributed by atoms with Gasteiger partial charge in [-0.15, -0.1) is 0 Å². The van der Waals surface area contributed by atoms with E-state index in [0.29, 0.717) is 17.3 Å². The van der Waals surface area contributed by atoms with Crippen LogP contribution in [0.5, 0.6) is 0 Å². The Morgan fingerprint density at radius 3 is 2.56 bits per heavy atom. The first-order chi connectivity index (χ1) is 8.79. The van der Waals surface area contributed by atoms with Crippen molar-refractivity contribution in [2.75, 3.05) is 5.73 Å². The van der Waals surface area contributed by atoms with Crippen molar-refractivity contribution < 1.29 is 4.98 Å². The van der Waals surface area contributed by atoms with Gasteiger partial charge in [0.05, 0.1) is 0 Å². The zero-order chi connectivity index (χ0) is 12.5. The number of hydrogen-bond acceptors (Lipinski definition) is 2. The van der Waals surface area contributed by atoms with Crippen molar-refractivity contribution >= 4 is 5.82 Å². The Kier molecular flexibility index (Phi) is 2.49. The predicted molar refractivity (Wildman–Crippen MR) is 69.5 cm³/mol. The van der Waals surface area contributed by atoms with Crippen molar-refractivity contribution in [1.29, 1.82) is 5.26 Å². The molecule has 1 heterocycles. The van der Waals surface area contributed by atoms with Gasteiger partial charge in [-0.1, -0.05) is 30.3 Å². The van der Waals surface area contributed by atoms with Crippen LogP contribution in [0.1, 0.15) is 30.0 Å². The summed E-state index contributed by atoms with van der Waals surface area (Å²) in [6, 6.07) is 14.2. The number of benzene rings is 1. The summed E-state index contributed by atoms with van der Waals surface area (Å²) in [5.74, 6) is 1.06. The average Bonchev–Trinajstić information content (AvgIpc) is 3.23. The highest BCUT2D eigenvalue weighted by Gasteiger charge is 2.29. The molecule has 3 nitrogen and oxygen atoms in total. The number of anilines is 1. The summed E-state index contributed by atoms with van der Waals surface area (Å²) in [4.78, 5) is 3.15. The largest absolute Gasteiger partial charge is 0.289 e. The van der Waals surface area contributed by atoms with Gasteiger partial charge in [0.1, 0.15) is 17.3 Å². The summed E-state index contributed by atoms with van der Waals surface area (Å²) >= 11 is 0. The third-order valence-corrected chi connectivity index (χ3v) is 3.33. The number of pyridine rings is 1. The van der Waals surface area contributed by atoms with Gasteiger partial charge < -0.3 is 0 Å². The van der Waals surface area contributed by atoms with Gasteiger partial charge in [-0.2, -0.15) is 5.26 Å². The van der Waals surface area contributed by atoms with Gasteiger partial charge >= 0.3 is 0 Å². The van der Waals surface area contributed by atoms with Crippen molar-refractivity contribution in [3.05, 3.63) is 47.7 Å². The molecule has 1 aliphatic carbocycles. The van der Waals surface area contributed by atoms with Crippen molar-refractivity contribution in [2.45, 2.75) is 18.8 Å². The zero-order valence-corrected chi connectivity index (χ0v) is 9.98. The third-order valence-electron chi connectivity index (χ3n) is 3.33. The Bertz CT molecular complexity index is 622. The third kappa shape index (κ3) is 1.82. The molecule has 3 N–H and O–H groups in total. The van der Waals surface area contributed by atoms with E-state index < -0.39 is 0 Å². The molecule has 2 aromatic rings. The van der Waals surface area contributed by atoms with Gasteiger partial charge in [0, 0.05) is 11.5 Å². The second-order valence-corrected chi connectivity index (χ2v) is 4.68. The number of hydrogen-bond donors (Lipinski definition) is 1. The lowest BCUT2D eigenvalue weighted by Gasteiger charge is -2.06. The molecule has 0 radical (unpaired) electrons. The van der Waals surface area contributed by atoms with Crippen LogP contribution >= 0.6 is 0 Å². The first-order valence-electron chi connectivity index (χ1n) is 6.11. The molecule has 1 aromatic heterocycles. The number of rotatable bonds is 2. The number of nitrogens with two attached hydrogens (primary N) is 1. The molecule has 1 saturated carbocycles. The molecular formula is C15H14N3+. The zero-order valence-electron chi connectivity index (χ0n) is 9.98. The summed E-state index contributed by atoms with van der Waals surface area (Å²) in [7, 11) is 0. The van der Waals surface area contributed by atoms with E-state index in [1.165, 1.54) is 12.8 Å². The summed E-state index contributed by atoms with van der Waals surface area (Å²) in [6.07, 6.45) is 2.41. The Balaban J connectivity index is 2.20. The number of aromatic amines is 1. The molecule has 3 rings (SSSR count). The molecule has 1 fully saturated rings. The molecule has 0 aliphatic heterocycles. The minimum atomic E-state index is 0.473. The van der Waals surface area contributed by atoms with Crippen LogP contribution in [0.25, 0.3) is 11.1 Å². The van der Waals surface area contributed by atoms with Crippen LogP contribution in [0.15, 0.2) is 36.4 Å². The molecule has 1 aromatic carbocycles. The maximum atomic E-state index is 9.26. The van der Waals surface area contributed by atoms with Crippen LogP contribution in [0.4, 0.5) is 5.82 Å². The number of aromatic nitrogens is 1. The summed E-state index contributed by atoms with van der Waals surface area (Å²) in [5, 5.41) is 9.26. The number of nitriles is 1. The Morgan fingerprint density at radius 1 is 1.22 bits per heavy atom. The van der Waals surface area contributed by atoms with E-state index in [-0.39, 0.29) is 0 Å². The second-order valence-electron chi connectivity index (χ2n) is 4.68. The molecule has 88 valence electrons. The van der Waals surface area contributed by atoms with E-state index in [4.69, 9.17) is 5.73 Å². The van der Waals surface area contributed by atoms with Crippen LogP contribution < -0.4 is 10.7 Å². The van der Waals surface area contributed by atoms with Gasteiger partial charge in [-0.3, -0.25) is 5.73 Å². The Labute approximate surface area is 106 Å². The number of nitrogen functional groups attached to an aromatic ring is 1. The lowest BCUT2D eigenvalue weighted by Crippen LogP contribution is -2.18. The van der Waals surface area contributed by atoms with E-state index in [2.05, 4.69) is 17.1 Å². The summed E-state index contributed by atoms with van der Waals surface area (Å²) in [5.41, 5.74) is 9.60. The van der Waals surface area contributed by atoms with Crippen LogP contribution in [-0.4, -0.2) is 0 Å². The first-order valence-corrected chi connectivity index (χ1v) is 6.11. The smallest absolute Gasteiger partial charge is 0.286 e. The second kappa shape index (κ2) is 4.15. The highest BCUT2D eigenvalue weighted by molar-refractivity contribution is 5.74. The normalized spacial score (nSPS) is 14.2. The molecule has 18 heavy (non-hydrogen) atoms. The fourth-order valence-corrected chi connectivity index (χ4v) is 2.21. The highest BCUT2D eigenvalue weighted by Crippen LogP contribution is 2.40. The van der Waals surface area contributed by atoms with Crippen molar-refractivity contribution in [2.24, 2.45) is 0 Å². The Hall–Kier alpha value is -2.34. The van der Waals surface area contributed by atoms with Crippen LogP contribution in [0, 0.1) is 11.3 Å². The molecule has 0 unspecified atom stereocenters.